The molecule has 4 heteroatoms. The molecule has 2 rings (SSSR count). The minimum atomic E-state index is 0.538. The van der Waals surface area contributed by atoms with Crippen LogP contribution in [0.5, 0.6) is 5.75 Å². The molecule has 1 nitrogen and oxygen atoms in total. The van der Waals surface area contributed by atoms with Crippen molar-refractivity contribution in [3.8, 4) is 5.75 Å². The number of ether oxygens (including phenoxy) is 1. The van der Waals surface area contributed by atoms with E-state index in [1.807, 2.05) is 35.7 Å². The van der Waals surface area contributed by atoms with E-state index < -0.39 is 0 Å². The van der Waals surface area contributed by atoms with Crippen molar-refractivity contribution in [3.05, 3.63) is 29.8 Å². The van der Waals surface area contributed by atoms with Crippen molar-refractivity contribution in [2.45, 2.75) is 11.0 Å². The topological polar surface area (TPSA) is 9.23 Å². The first-order chi connectivity index (χ1) is 7.90. The molecule has 0 N–H and O–H groups in total. The van der Waals surface area contributed by atoms with E-state index in [1.165, 1.54) is 23.5 Å². The highest BCUT2D eigenvalue weighted by Gasteiger charge is 2.16. The van der Waals surface area contributed by atoms with Gasteiger partial charge >= 0.3 is 0 Å². The first-order valence-electron chi connectivity index (χ1n) is 5.42. The second-order valence-electron chi connectivity index (χ2n) is 3.53. The van der Waals surface area contributed by atoms with Gasteiger partial charge in [0.05, 0.1) is 10.5 Å². The molecule has 0 aliphatic carbocycles. The monoisotopic (exact) mass is 274 g/mol. The van der Waals surface area contributed by atoms with Crippen LogP contribution in [-0.4, -0.2) is 24.0 Å². The van der Waals surface area contributed by atoms with Gasteiger partial charge in [-0.2, -0.15) is 0 Å². The van der Waals surface area contributed by atoms with Crippen LogP contribution in [-0.2, 0) is 0 Å². The van der Waals surface area contributed by atoms with Gasteiger partial charge in [0.25, 0.3) is 0 Å². The quantitative estimate of drug-likeness (QED) is 0.763. The Kier molecular flexibility index (Phi) is 5.20. The normalized spacial score (nSPS) is 17.3. The summed E-state index contributed by atoms with van der Waals surface area (Å²) in [7, 11) is 0. The van der Waals surface area contributed by atoms with Crippen LogP contribution in [0.4, 0.5) is 0 Å². The minimum Gasteiger partial charge on any atom is -0.492 e. The minimum absolute atomic E-state index is 0.538. The molecule has 0 radical (unpaired) electrons. The van der Waals surface area contributed by atoms with Gasteiger partial charge in [0.2, 0.25) is 0 Å². The summed E-state index contributed by atoms with van der Waals surface area (Å²) in [6.07, 6.45) is 1.34. The SMILES string of the molecule is ClCCOc1ccc(C2SCCCS2)cc1. The van der Waals surface area contributed by atoms with Gasteiger partial charge in [0.15, 0.2) is 0 Å². The molecule has 1 fully saturated rings. The van der Waals surface area contributed by atoms with Gasteiger partial charge in [-0.25, -0.2) is 0 Å². The van der Waals surface area contributed by atoms with E-state index in [0.717, 1.165) is 5.75 Å². The van der Waals surface area contributed by atoms with Crippen LogP contribution in [0, 0.1) is 0 Å². The highest BCUT2D eigenvalue weighted by Crippen LogP contribution is 2.43. The lowest BCUT2D eigenvalue weighted by Gasteiger charge is -2.21. The van der Waals surface area contributed by atoms with E-state index in [4.69, 9.17) is 16.3 Å². The molecule has 1 aromatic rings. The average molecular weight is 275 g/mol. The molecule has 1 heterocycles. The maximum absolute atomic E-state index is 5.57. The molecule has 88 valence electrons. The van der Waals surface area contributed by atoms with E-state index in [1.54, 1.807) is 0 Å². The van der Waals surface area contributed by atoms with Crippen molar-refractivity contribution in [1.29, 1.82) is 0 Å². The van der Waals surface area contributed by atoms with Crippen LogP contribution in [0.15, 0.2) is 24.3 Å². The van der Waals surface area contributed by atoms with Gasteiger partial charge in [-0.3, -0.25) is 0 Å². The summed E-state index contributed by atoms with van der Waals surface area (Å²) in [5.41, 5.74) is 1.40. The molecule has 1 aliphatic heterocycles. The molecule has 1 saturated heterocycles. The molecule has 0 saturated carbocycles. The highest BCUT2D eigenvalue weighted by molar-refractivity contribution is 8.16. The standard InChI is InChI=1S/C12H15ClOS2/c13-6-7-14-11-4-2-10(3-5-11)12-15-8-1-9-16-12/h2-5,12H,1,6-9H2. The van der Waals surface area contributed by atoms with E-state index in [2.05, 4.69) is 12.1 Å². The van der Waals surface area contributed by atoms with Gasteiger partial charge < -0.3 is 4.74 Å². The predicted octanol–water partition coefficient (Wildman–Crippen LogP) is 4.17. The fraction of sp³-hybridized carbons (Fsp3) is 0.500. The molecule has 0 bridgehead atoms. The zero-order chi connectivity index (χ0) is 11.2. The Bertz CT molecular complexity index is 309. The lowest BCUT2D eigenvalue weighted by molar-refractivity contribution is 0.342. The molecule has 0 unspecified atom stereocenters. The van der Waals surface area contributed by atoms with Crippen LogP contribution >= 0.6 is 35.1 Å². The maximum atomic E-state index is 5.57. The molecule has 0 atom stereocenters. The number of benzene rings is 1. The summed E-state index contributed by atoms with van der Waals surface area (Å²) in [4.78, 5) is 0. The van der Waals surface area contributed by atoms with Crippen molar-refractivity contribution in [2.75, 3.05) is 24.0 Å². The molecule has 1 aromatic carbocycles. The van der Waals surface area contributed by atoms with E-state index in [-0.39, 0.29) is 0 Å². The summed E-state index contributed by atoms with van der Waals surface area (Å²) in [5.74, 6) is 4.01. The summed E-state index contributed by atoms with van der Waals surface area (Å²) < 4.78 is 6.06. The van der Waals surface area contributed by atoms with Crippen LogP contribution in [0.1, 0.15) is 16.6 Å². The zero-order valence-corrected chi connectivity index (χ0v) is 11.4. The summed E-state index contributed by atoms with van der Waals surface area (Å²) in [6, 6.07) is 8.41. The lowest BCUT2D eigenvalue weighted by Crippen LogP contribution is -2.01. The lowest BCUT2D eigenvalue weighted by atomic mass is 10.2. The molecule has 0 aromatic heterocycles. The van der Waals surface area contributed by atoms with Crippen molar-refractivity contribution in [1.82, 2.24) is 0 Å². The number of hydrogen-bond donors (Lipinski definition) is 0. The van der Waals surface area contributed by atoms with E-state index in [9.17, 15) is 0 Å². The Hall–Kier alpha value is 0.01000. The van der Waals surface area contributed by atoms with Crippen molar-refractivity contribution in [3.63, 3.8) is 0 Å². The first-order valence-corrected chi connectivity index (χ1v) is 8.05. The zero-order valence-electron chi connectivity index (χ0n) is 9.02. The Balaban J connectivity index is 1.95. The van der Waals surface area contributed by atoms with Gasteiger partial charge in [-0.05, 0) is 35.6 Å². The summed E-state index contributed by atoms with van der Waals surface area (Å²) in [6.45, 7) is 0.577. The molecule has 0 spiro atoms. The number of rotatable bonds is 4. The second-order valence-corrected chi connectivity index (χ2v) is 6.64. The van der Waals surface area contributed by atoms with Gasteiger partial charge in [-0.15, -0.1) is 35.1 Å². The Morgan fingerprint density at radius 2 is 1.88 bits per heavy atom. The molecule has 0 amide bonds. The van der Waals surface area contributed by atoms with E-state index in [0.29, 0.717) is 17.1 Å². The van der Waals surface area contributed by atoms with Crippen LogP contribution in [0.3, 0.4) is 0 Å². The third kappa shape index (κ3) is 3.51. The summed E-state index contributed by atoms with van der Waals surface area (Å²) >= 11 is 9.65. The molecule has 16 heavy (non-hydrogen) atoms. The smallest absolute Gasteiger partial charge is 0.119 e. The highest BCUT2D eigenvalue weighted by atomic mass is 35.5. The molecular formula is C12H15ClOS2. The van der Waals surface area contributed by atoms with Gasteiger partial charge in [-0.1, -0.05) is 12.1 Å². The number of halogens is 1. The number of thioether (sulfide) groups is 2. The number of alkyl halides is 1. The van der Waals surface area contributed by atoms with E-state index >= 15 is 0 Å². The fourth-order valence-electron chi connectivity index (χ4n) is 1.56. The predicted molar refractivity (Wildman–Crippen MR) is 74.9 cm³/mol. The Labute approximate surface area is 110 Å². The second kappa shape index (κ2) is 6.67. The maximum Gasteiger partial charge on any atom is 0.119 e. The summed E-state index contributed by atoms with van der Waals surface area (Å²) in [5, 5.41) is 0. The Morgan fingerprint density at radius 3 is 2.50 bits per heavy atom. The number of hydrogen-bond acceptors (Lipinski definition) is 3. The van der Waals surface area contributed by atoms with Gasteiger partial charge in [0.1, 0.15) is 12.4 Å². The van der Waals surface area contributed by atoms with Gasteiger partial charge in [0, 0.05) is 0 Å². The Morgan fingerprint density at radius 1 is 1.19 bits per heavy atom. The third-order valence-electron chi connectivity index (χ3n) is 2.33. The van der Waals surface area contributed by atoms with Crippen LogP contribution < -0.4 is 4.74 Å². The fourth-order valence-corrected chi connectivity index (χ4v) is 4.53. The van der Waals surface area contributed by atoms with Crippen LogP contribution in [0.25, 0.3) is 0 Å². The van der Waals surface area contributed by atoms with Crippen molar-refractivity contribution in [2.24, 2.45) is 0 Å². The molecular weight excluding hydrogens is 260 g/mol. The largest absolute Gasteiger partial charge is 0.492 e. The average Bonchev–Trinajstić information content (AvgIpc) is 2.38. The molecule has 1 aliphatic rings. The van der Waals surface area contributed by atoms with Crippen LogP contribution in [0.2, 0.25) is 0 Å². The van der Waals surface area contributed by atoms with Crippen molar-refractivity contribution >= 4 is 35.1 Å². The third-order valence-corrected chi connectivity index (χ3v) is 5.49. The van der Waals surface area contributed by atoms with Crippen molar-refractivity contribution < 1.29 is 4.74 Å². The first kappa shape index (κ1) is 12.5.